The van der Waals surface area contributed by atoms with E-state index < -0.39 is 10.0 Å². The molecule has 0 bridgehead atoms. The van der Waals surface area contributed by atoms with E-state index in [0.29, 0.717) is 48.3 Å². The van der Waals surface area contributed by atoms with Gasteiger partial charge in [-0.1, -0.05) is 27.7 Å². The Labute approximate surface area is 390 Å². The second-order valence-corrected chi connectivity index (χ2v) is 19.3. The van der Waals surface area contributed by atoms with E-state index in [1.54, 1.807) is 26.6 Å². The van der Waals surface area contributed by atoms with Crippen LogP contribution < -0.4 is 10.6 Å². The number of fused-ring (bicyclic) bond motifs is 2. The number of likely N-dealkylation sites (tertiary alicyclic amines) is 1. The maximum atomic E-state index is 11.7. The molecule has 1 aliphatic heterocycles. The van der Waals surface area contributed by atoms with Gasteiger partial charge in [-0.2, -0.15) is 24.7 Å². The fraction of sp³-hybridized carbons (Fsp3) is 0.362. The lowest BCUT2D eigenvalue weighted by atomic mass is 10.1. The fourth-order valence-corrected chi connectivity index (χ4v) is 8.06. The zero-order valence-electron chi connectivity index (χ0n) is 38.8. The van der Waals surface area contributed by atoms with Crippen LogP contribution in [0.3, 0.4) is 0 Å². The number of likely N-dealkylation sites (N-methyl/N-ethyl adjacent to an activating group) is 1. The number of methoxy groups -OCH3 is 1. The van der Waals surface area contributed by atoms with Gasteiger partial charge in [0.15, 0.2) is 11.6 Å². The van der Waals surface area contributed by atoms with Gasteiger partial charge < -0.3 is 15.4 Å². The van der Waals surface area contributed by atoms with Crippen LogP contribution in [0.25, 0.3) is 44.3 Å². The maximum Gasteiger partial charge on any atom is 0.211 e. The van der Waals surface area contributed by atoms with Crippen molar-refractivity contribution in [2.75, 3.05) is 57.3 Å². The number of rotatable bonds is 17. The third-order valence-corrected chi connectivity index (χ3v) is 12.9. The van der Waals surface area contributed by atoms with Gasteiger partial charge in [-0.05, 0) is 77.9 Å². The standard InChI is InChI=1S/C26H33N9O2S.C21H23N7O/c1-18(2)19-11-26(32-28-13-19)31-25-7-6-23-24(30-25)10-20(12-27-23)21-14-29-35(15-21)9-5-8-34-16-22(17-34)33(3)38(4,36)37;1-14(2)15-9-21(27-23-11-15)26-20-5-4-18-19(25-20)8-16(10-22-18)17-12-24-28(13-17)6-7-29-3/h6-7,10-15,18,22H,5,8-9,16-17H2,1-4H3,(H,30,31,32);4-5,8-14H,6-7H2,1-3H3,(H,25,26,27). The summed E-state index contributed by atoms with van der Waals surface area (Å²) in [6.07, 6.45) is 17.1. The third kappa shape index (κ3) is 11.9. The Hall–Kier alpha value is -6.87. The zero-order chi connectivity index (χ0) is 47.1. The van der Waals surface area contributed by atoms with Crippen molar-refractivity contribution in [3.63, 3.8) is 0 Å². The molecule has 20 heteroatoms. The van der Waals surface area contributed by atoms with Gasteiger partial charge in [0.1, 0.15) is 11.6 Å². The van der Waals surface area contributed by atoms with Crippen molar-refractivity contribution < 1.29 is 13.2 Å². The van der Waals surface area contributed by atoms with Crippen molar-refractivity contribution in [2.45, 2.75) is 65.1 Å². The molecular weight excluding hydrogens is 869 g/mol. The molecule has 67 heavy (non-hydrogen) atoms. The van der Waals surface area contributed by atoms with E-state index in [1.807, 2.05) is 95.1 Å². The molecular formula is C47H56N16O3S. The summed E-state index contributed by atoms with van der Waals surface area (Å²) in [5.74, 6) is 3.45. The van der Waals surface area contributed by atoms with E-state index in [9.17, 15) is 8.42 Å². The lowest BCUT2D eigenvalue weighted by Gasteiger charge is -2.43. The van der Waals surface area contributed by atoms with Crippen LogP contribution in [0, 0.1) is 0 Å². The predicted octanol–water partition coefficient (Wildman–Crippen LogP) is 6.91. The molecule has 0 saturated carbocycles. The van der Waals surface area contributed by atoms with Gasteiger partial charge in [0.05, 0.1) is 66.3 Å². The Bertz CT molecular complexity index is 3060. The summed E-state index contributed by atoms with van der Waals surface area (Å²) in [6.45, 7) is 13.1. The molecule has 1 fully saturated rings. The largest absolute Gasteiger partial charge is 0.383 e. The zero-order valence-corrected chi connectivity index (χ0v) is 39.6. The molecule has 8 aromatic heterocycles. The summed E-state index contributed by atoms with van der Waals surface area (Å²) in [5, 5.41) is 31.9. The predicted molar refractivity (Wildman–Crippen MR) is 260 cm³/mol. The quantitative estimate of drug-likeness (QED) is 0.0949. The minimum absolute atomic E-state index is 0.0733. The highest BCUT2D eigenvalue weighted by atomic mass is 32.2. The minimum atomic E-state index is -3.13. The summed E-state index contributed by atoms with van der Waals surface area (Å²) in [4.78, 5) is 20.8. The number of pyridine rings is 4. The molecule has 9 rings (SSSR count). The van der Waals surface area contributed by atoms with Crippen LogP contribution in [0.4, 0.5) is 23.3 Å². The first-order valence-electron chi connectivity index (χ1n) is 22.2. The monoisotopic (exact) mass is 924 g/mol. The van der Waals surface area contributed by atoms with Gasteiger partial charge in [-0.15, -0.1) is 10.2 Å². The van der Waals surface area contributed by atoms with Crippen LogP contribution in [-0.2, 0) is 27.8 Å². The molecule has 1 aliphatic rings. The van der Waals surface area contributed by atoms with Crippen molar-refractivity contribution in [1.82, 2.24) is 69.1 Å². The molecule has 1 saturated heterocycles. The van der Waals surface area contributed by atoms with Gasteiger partial charge in [0.2, 0.25) is 10.0 Å². The van der Waals surface area contributed by atoms with Crippen molar-refractivity contribution in [1.29, 1.82) is 0 Å². The number of ether oxygens (including phenoxy) is 1. The number of hydrogen-bond acceptors (Lipinski definition) is 16. The summed E-state index contributed by atoms with van der Waals surface area (Å²) in [6, 6.07) is 15.7. The van der Waals surface area contributed by atoms with Gasteiger partial charge in [-0.3, -0.25) is 24.2 Å². The molecule has 2 N–H and O–H groups in total. The summed E-state index contributed by atoms with van der Waals surface area (Å²) >= 11 is 0. The summed E-state index contributed by atoms with van der Waals surface area (Å²) in [7, 11) is 0.196. The summed E-state index contributed by atoms with van der Waals surface area (Å²) < 4.78 is 33.7. The van der Waals surface area contributed by atoms with Crippen LogP contribution in [0.2, 0.25) is 0 Å². The van der Waals surface area contributed by atoms with E-state index in [0.717, 1.165) is 88.0 Å². The highest BCUT2D eigenvalue weighted by molar-refractivity contribution is 7.88. The molecule has 0 aliphatic carbocycles. The number of hydrogen-bond donors (Lipinski definition) is 2. The Morgan fingerprint density at radius 2 is 1.16 bits per heavy atom. The number of anilines is 4. The number of aromatic nitrogens is 12. The van der Waals surface area contributed by atoms with Crippen LogP contribution in [0.15, 0.2) is 98.1 Å². The molecule has 0 radical (unpaired) electrons. The highest BCUT2D eigenvalue weighted by Crippen LogP contribution is 2.26. The van der Waals surface area contributed by atoms with Crippen molar-refractivity contribution >= 4 is 55.4 Å². The van der Waals surface area contributed by atoms with Gasteiger partial charge in [0, 0.05) is 93.4 Å². The van der Waals surface area contributed by atoms with Crippen molar-refractivity contribution in [2.24, 2.45) is 0 Å². The van der Waals surface area contributed by atoms with Crippen molar-refractivity contribution in [3.8, 4) is 22.3 Å². The van der Waals surface area contributed by atoms with E-state index in [4.69, 9.17) is 14.7 Å². The Kier molecular flexibility index (Phi) is 14.4. The molecule has 0 aromatic carbocycles. The molecule has 8 aromatic rings. The fourth-order valence-electron chi connectivity index (χ4n) is 7.38. The van der Waals surface area contributed by atoms with Crippen LogP contribution in [0.5, 0.6) is 0 Å². The molecule has 0 unspecified atom stereocenters. The van der Waals surface area contributed by atoms with Crippen LogP contribution >= 0.6 is 0 Å². The van der Waals surface area contributed by atoms with E-state index in [-0.39, 0.29) is 6.04 Å². The first-order chi connectivity index (χ1) is 32.3. The van der Waals surface area contributed by atoms with E-state index in [2.05, 4.69) is 83.8 Å². The first-order valence-corrected chi connectivity index (χ1v) is 24.1. The molecule has 9 heterocycles. The molecule has 19 nitrogen and oxygen atoms in total. The number of nitrogens with zero attached hydrogens (tertiary/aromatic N) is 14. The third-order valence-electron chi connectivity index (χ3n) is 11.6. The number of aryl methyl sites for hydroxylation is 1. The second-order valence-electron chi connectivity index (χ2n) is 17.2. The topological polar surface area (TPSA) is 213 Å². The molecule has 348 valence electrons. The number of sulfonamides is 1. The lowest BCUT2D eigenvalue weighted by molar-refractivity contribution is 0.0877. The highest BCUT2D eigenvalue weighted by Gasteiger charge is 2.33. The SMILES string of the molecule is CC(C)c1cnnc(Nc2ccc3ncc(-c4cnn(CCCN5CC(N(C)S(C)(=O)=O)C5)c4)cc3n2)c1.COCCn1cc(-c2cnc3ccc(Nc4cc(C(C)C)cnn4)nc3c2)cn1. The minimum Gasteiger partial charge on any atom is -0.383 e. The molecule has 0 atom stereocenters. The molecule has 0 amide bonds. The van der Waals surface area contributed by atoms with Crippen LogP contribution in [-0.4, -0.2) is 130 Å². The average molecular weight is 925 g/mol. The lowest BCUT2D eigenvalue weighted by Crippen LogP contribution is -2.59. The van der Waals surface area contributed by atoms with Crippen molar-refractivity contribution in [3.05, 3.63) is 109 Å². The Morgan fingerprint density at radius 3 is 1.64 bits per heavy atom. The second kappa shape index (κ2) is 20.7. The van der Waals surface area contributed by atoms with Gasteiger partial charge in [-0.25, -0.2) is 18.4 Å². The van der Waals surface area contributed by atoms with Gasteiger partial charge >= 0.3 is 0 Å². The van der Waals surface area contributed by atoms with Gasteiger partial charge in [0.25, 0.3) is 0 Å². The smallest absolute Gasteiger partial charge is 0.211 e. The Morgan fingerprint density at radius 1 is 0.657 bits per heavy atom. The van der Waals surface area contributed by atoms with E-state index >= 15 is 0 Å². The Balaban J connectivity index is 0.000000188. The first kappa shape index (κ1) is 46.7. The normalized spacial score (nSPS) is 13.3. The van der Waals surface area contributed by atoms with Crippen LogP contribution in [0.1, 0.15) is 57.1 Å². The number of nitrogens with one attached hydrogen (secondary N) is 2. The van der Waals surface area contributed by atoms with E-state index in [1.165, 1.54) is 10.6 Å². The average Bonchev–Trinajstić information content (AvgIpc) is 3.99. The summed E-state index contributed by atoms with van der Waals surface area (Å²) in [5.41, 5.74) is 9.33. The maximum absolute atomic E-state index is 11.7. The molecule has 0 spiro atoms.